The molecule has 0 atom stereocenters. The molecule has 1 N–H and O–H groups in total. The predicted molar refractivity (Wildman–Crippen MR) is 81.9 cm³/mol. The molecule has 0 aliphatic heterocycles. The van der Waals surface area contributed by atoms with Crippen LogP contribution < -0.4 is 5.32 Å². The Morgan fingerprint density at radius 2 is 2.00 bits per heavy atom. The van der Waals surface area contributed by atoms with Crippen LogP contribution in [0.5, 0.6) is 0 Å². The number of benzene rings is 1. The number of amides is 1. The summed E-state index contributed by atoms with van der Waals surface area (Å²) in [6.07, 6.45) is 0. The van der Waals surface area contributed by atoms with Gasteiger partial charge in [0.05, 0.1) is 0 Å². The second-order valence-corrected chi connectivity index (χ2v) is 5.46. The van der Waals surface area contributed by atoms with Crippen molar-refractivity contribution in [2.75, 3.05) is 5.32 Å². The third-order valence-electron chi connectivity index (χ3n) is 2.96. The number of hydrogen-bond acceptors (Lipinski definition) is 1. The first kappa shape index (κ1) is 14.2. The minimum atomic E-state index is -0.127. The van der Waals surface area contributed by atoms with E-state index in [1.165, 1.54) is 0 Å². The summed E-state index contributed by atoms with van der Waals surface area (Å²) >= 11 is 9.27. The highest BCUT2D eigenvalue weighted by atomic mass is 79.9. The lowest BCUT2D eigenvalue weighted by atomic mass is 10.3. The molecule has 0 saturated heterocycles. The van der Waals surface area contributed by atoms with Gasteiger partial charge in [-0.25, -0.2) is 0 Å². The fourth-order valence-corrected chi connectivity index (χ4v) is 2.49. The first-order valence-corrected chi connectivity index (χ1v) is 7.12. The second-order valence-electron chi connectivity index (χ2n) is 4.17. The number of rotatable bonds is 3. The number of hydrogen-bond donors (Lipinski definition) is 1. The molecule has 0 saturated carbocycles. The highest BCUT2D eigenvalue weighted by molar-refractivity contribution is 9.10. The zero-order valence-electron chi connectivity index (χ0n) is 10.7. The third kappa shape index (κ3) is 3.01. The Morgan fingerprint density at radius 3 is 2.58 bits per heavy atom. The Bertz CT molecular complexity index is 605. The van der Waals surface area contributed by atoms with Gasteiger partial charge in [-0.05, 0) is 60.1 Å². The number of halogens is 2. The third-order valence-corrected chi connectivity index (χ3v) is 4.01. The second kappa shape index (κ2) is 5.80. The van der Waals surface area contributed by atoms with E-state index in [2.05, 4.69) is 21.2 Å². The summed E-state index contributed by atoms with van der Waals surface area (Å²) in [5.41, 5.74) is 2.41. The zero-order chi connectivity index (χ0) is 14.0. The molecule has 1 aromatic carbocycles. The summed E-state index contributed by atoms with van der Waals surface area (Å²) in [4.78, 5) is 12.3. The molecule has 1 aromatic heterocycles. The van der Waals surface area contributed by atoms with Crippen LogP contribution in [0.25, 0.3) is 0 Å². The van der Waals surface area contributed by atoms with Crippen LogP contribution in [0.2, 0.25) is 5.02 Å². The van der Waals surface area contributed by atoms with Gasteiger partial charge >= 0.3 is 0 Å². The molecule has 1 heterocycles. The molecule has 0 radical (unpaired) electrons. The van der Waals surface area contributed by atoms with E-state index < -0.39 is 0 Å². The van der Waals surface area contributed by atoms with E-state index >= 15 is 0 Å². The van der Waals surface area contributed by atoms with E-state index in [9.17, 15) is 4.79 Å². The van der Waals surface area contributed by atoms with Gasteiger partial charge in [0.15, 0.2) is 0 Å². The highest BCUT2D eigenvalue weighted by Crippen LogP contribution is 2.22. The lowest BCUT2D eigenvalue weighted by Gasteiger charge is -2.09. The van der Waals surface area contributed by atoms with Crippen molar-refractivity contribution in [1.29, 1.82) is 0 Å². The zero-order valence-corrected chi connectivity index (χ0v) is 13.0. The van der Waals surface area contributed by atoms with Gasteiger partial charge in [0, 0.05) is 27.4 Å². The maximum absolute atomic E-state index is 12.3. The summed E-state index contributed by atoms with van der Waals surface area (Å²) in [6.45, 7) is 4.74. The van der Waals surface area contributed by atoms with Crippen molar-refractivity contribution < 1.29 is 4.79 Å². The van der Waals surface area contributed by atoms with E-state index in [0.717, 1.165) is 22.4 Å². The summed E-state index contributed by atoms with van der Waals surface area (Å²) in [6, 6.07) is 8.89. The smallest absolute Gasteiger partial charge is 0.272 e. The van der Waals surface area contributed by atoms with Gasteiger partial charge in [0.25, 0.3) is 5.91 Å². The standard InChI is InChI=1S/C14H14BrClN2O/c1-3-18-9(2)12(15)8-13(18)14(19)17-11-6-4-10(16)5-7-11/h4-8H,3H2,1-2H3,(H,17,19). The van der Waals surface area contributed by atoms with Crippen LogP contribution >= 0.6 is 27.5 Å². The normalized spacial score (nSPS) is 10.5. The minimum absolute atomic E-state index is 0.127. The average molecular weight is 342 g/mol. The van der Waals surface area contributed by atoms with Gasteiger partial charge in [0.1, 0.15) is 5.69 Å². The van der Waals surface area contributed by atoms with Gasteiger partial charge in [-0.1, -0.05) is 11.6 Å². The Hall–Kier alpha value is -1.26. The molecule has 3 nitrogen and oxygen atoms in total. The summed E-state index contributed by atoms with van der Waals surface area (Å²) in [5, 5.41) is 3.51. The fourth-order valence-electron chi connectivity index (χ4n) is 1.94. The van der Waals surface area contributed by atoms with Gasteiger partial charge in [-0.2, -0.15) is 0 Å². The number of nitrogens with zero attached hydrogens (tertiary/aromatic N) is 1. The van der Waals surface area contributed by atoms with Crippen molar-refractivity contribution in [2.45, 2.75) is 20.4 Å². The maximum atomic E-state index is 12.3. The van der Waals surface area contributed by atoms with Crippen LogP contribution in [0.15, 0.2) is 34.8 Å². The molecule has 0 spiro atoms. The summed E-state index contributed by atoms with van der Waals surface area (Å²) in [7, 11) is 0. The molecule has 2 rings (SSSR count). The van der Waals surface area contributed by atoms with Crippen LogP contribution in [0.4, 0.5) is 5.69 Å². The lowest BCUT2D eigenvalue weighted by molar-refractivity contribution is 0.101. The van der Waals surface area contributed by atoms with Crippen molar-refractivity contribution in [3.63, 3.8) is 0 Å². The largest absolute Gasteiger partial charge is 0.340 e. The van der Waals surface area contributed by atoms with Crippen molar-refractivity contribution in [3.05, 3.63) is 51.2 Å². The molecule has 19 heavy (non-hydrogen) atoms. The molecule has 2 aromatic rings. The van der Waals surface area contributed by atoms with Crippen molar-refractivity contribution in [1.82, 2.24) is 4.57 Å². The van der Waals surface area contributed by atoms with Gasteiger partial charge < -0.3 is 9.88 Å². The minimum Gasteiger partial charge on any atom is -0.340 e. The first-order chi connectivity index (χ1) is 9.02. The van der Waals surface area contributed by atoms with E-state index in [1.807, 2.05) is 24.5 Å². The summed E-state index contributed by atoms with van der Waals surface area (Å²) < 4.78 is 2.91. The van der Waals surface area contributed by atoms with Gasteiger partial charge in [-0.3, -0.25) is 4.79 Å². The molecular weight excluding hydrogens is 328 g/mol. The number of carbonyl (C=O) groups excluding carboxylic acids is 1. The lowest BCUT2D eigenvalue weighted by Crippen LogP contribution is -2.17. The number of nitrogens with one attached hydrogen (secondary N) is 1. The first-order valence-electron chi connectivity index (χ1n) is 5.95. The molecule has 100 valence electrons. The van der Waals surface area contributed by atoms with E-state index in [4.69, 9.17) is 11.6 Å². The maximum Gasteiger partial charge on any atom is 0.272 e. The van der Waals surface area contributed by atoms with Crippen LogP contribution in [0.1, 0.15) is 23.1 Å². The fraction of sp³-hybridized carbons (Fsp3) is 0.214. The van der Waals surface area contributed by atoms with Gasteiger partial charge in [-0.15, -0.1) is 0 Å². The number of anilines is 1. The van der Waals surface area contributed by atoms with E-state index in [-0.39, 0.29) is 5.91 Å². The Morgan fingerprint density at radius 1 is 1.37 bits per heavy atom. The Kier molecular flexibility index (Phi) is 4.32. The van der Waals surface area contributed by atoms with Crippen LogP contribution in [-0.4, -0.2) is 10.5 Å². The quantitative estimate of drug-likeness (QED) is 0.877. The predicted octanol–water partition coefficient (Wildman–Crippen LogP) is 4.48. The van der Waals surface area contributed by atoms with E-state index in [1.54, 1.807) is 24.3 Å². The Labute approximate surface area is 125 Å². The molecule has 0 unspecified atom stereocenters. The number of aromatic nitrogens is 1. The van der Waals surface area contributed by atoms with Crippen LogP contribution in [0, 0.1) is 6.92 Å². The molecule has 0 bridgehead atoms. The van der Waals surface area contributed by atoms with E-state index in [0.29, 0.717) is 10.7 Å². The monoisotopic (exact) mass is 340 g/mol. The number of carbonyl (C=O) groups is 1. The van der Waals surface area contributed by atoms with Crippen LogP contribution in [0.3, 0.4) is 0 Å². The SMILES string of the molecule is CCn1c(C(=O)Nc2ccc(Cl)cc2)cc(Br)c1C. The highest BCUT2D eigenvalue weighted by Gasteiger charge is 2.15. The molecule has 0 fully saturated rings. The van der Waals surface area contributed by atoms with Crippen LogP contribution in [-0.2, 0) is 6.54 Å². The Balaban J connectivity index is 2.25. The van der Waals surface area contributed by atoms with Crippen molar-refractivity contribution >= 4 is 39.1 Å². The van der Waals surface area contributed by atoms with Crippen molar-refractivity contribution in [2.24, 2.45) is 0 Å². The summed E-state index contributed by atoms with van der Waals surface area (Å²) in [5.74, 6) is -0.127. The molecule has 0 aliphatic rings. The van der Waals surface area contributed by atoms with Crippen molar-refractivity contribution in [3.8, 4) is 0 Å². The average Bonchev–Trinajstić information content (AvgIpc) is 2.68. The molecule has 0 aliphatic carbocycles. The topological polar surface area (TPSA) is 34.0 Å². The molecule has 1 amide bonds. The molecular formula is C14H14BrClN2O. The van der Waals surface area contributed by atoms with Gasteiger partial charge in [0.2, 0.25) is 0 Å². The molecule has 5 heteroatoms.